The molecule has 0 bridgehead atoms. The second-order valence-corrected chi connectivity index (χ2v) is 8.51. The Morgan fingerprint density at radius 3 is 2.03 bits per heavy atom. The molecule has 150 valence electrons. The van der Waals surface area contributed by atoms with Gasteiger partial charge in [0.1, 0.15) is 11.6 Å². The fourth-order valence-corrected chi connectivity index (χ4v) is 3.98. The lowest BCUT2D eigenvalue weighted by molar-refractivity contribution is -0.132. The number of hydrogen-bond donors (Lipinski definition) is 1. The molecule has 1 aliphatic heterocycles. The Hall–Kier alpha value is -2.77. The van der Waals surface area contributed by atoms with Crippen molar-refractivity contribution in [3.8, 4) is 0 Å². The van der Waals surface area contributed by atoms with Crippen molar-refractivity contribution in [3.63, 3.8) is 0 Å². The number of anilines is 1. The summed E-state index contributed by atoms with van der Waals surface area (Å²) in [5, 5.41) is 11.0. The molecule has 0 aliphatic carbocycles. The van der Waals surface area contributed by atoms with Crippen molar-refractivity contribution in [2.24, 2.45) is 0 Å². The highest BCUT2D eigenvalue weighted by Gasteiger charge is 2.47. The Morgan fingerprint density at radius 1 is 0.867 bits per heavy atom. The van der Waals surface area contributed by atoms with Gasteiger partial charge in [0.2, 0.25) is 0 Å². The Bertz CT molecular complexity index is 1170. The van der Waals surface area contributed by atoms with Crippen molar-refractivity contribution in [2.75, 3.05) is 4.90 Å². The molecular weight excluding hydrogens is 517 g/mol. The van der Waals surface area contributed by atoms with E-state index in [0.717, 1.165) is 8.95 Å². The highest BCUT2D eigenvalue weighted by Crippen LogP contribution is 2.43. The number of rotatable bonds is 3. The predicted molar refractivity (Wildman–Crippen MR) is 119 cm³/mol. The van der Waals surface area contributed by atoms with Gasteiger partial charge in [0.05, 0.1) is 11.6 Å². The third-order valence-corrected chi connectivity index (χ3v) is 5.92. The minimum atomic E-state index is -1.10. The van der Waals surface area contributed by atoms with Gasteiger partial charge in [-0.1, -0.05) is 62.2 Å². The van der Waals surface area contributed by atoms with Gasteiger partial charge in [-0.3, -0.25) is 14.5 Å². The maximum Gasteiger partial charge on any atom is 0.300 e. The largest absolute Gasteiger partial charge is 0.507 e. The summed E-state index contributed by atoms with van der Waals surface area (Å²) in [5.41, 5.74) is 0.741. The summed E-state index contributed by atoms with van der Waals surface area (Å²) in [6.45, 7) is 0. The number of nitrogens with zero attached hydrogens (tertiary/aromatic N) is 1. The summed E-state index contributed by atoms with van der Waals surface area (Å²) >= 11 is 6.66. The molecule has 3 aromatic carbocycles. The number of carbonyl (C=O) groups is 2. The Balaban J connectivity index is 1.96. The van der Waals surface area contributed by atoms with Gasteiger partial charge in [0.25, 0.3) is 11.7 Å². The Morgan fingerprint density at radius 2 is 1.43 bits per heavy atom. The Kier molecular flexibility index (Phi) is 5.58. The van der Waals surface area contributed by atoms with E-state index in [1.165, 1.54) is 23.1 Å². The topological polar surface area (TPSA) is 57.6 Å². The summed E-state index contributed by atoms with van der Waals surface area (Å²) in [4.78, 5) is 27.2. The van der Waals surface area contributed by atoms with E-state index >= 15 is 0 Å². The zero-order valence-corrected chi connectivity index (χ0v) is 18.5. The lowest BCUT2D eigenvalue weighted by Crippen LogP contribution is -2.29. The van der Waals surface area contributed by atoms with Gasteiger partial charge in [0.15, 0.2) is 0 Å². The van der Waals surface area contributed by atoms with Crippen LogP contribution in [0.1, 0.15) is 17.2 Å². The molecule has 1 unspecified atom stereocenters. The van der Waals surface area contributed by atoms with Gasteiger partial charge in [-0.05, 0) is 42.5 Å². The molecule has 3 aromatic rings. The van der Waals surface area contributed by atoms with Crippen LogP contribution in [0, 0.1) is 5.82 Å². The van der Waals surface area contributed by atoms with Crippen LogP contribution < -0.4 is 4.90 Å². The van der Waals surface area contributed by atoms with Gasteiger partial charge < -0.3 is 5.11 Å². The molecule has 30 heavy (non-hydrogen) atoms. The summed E-state index contributed by atoms with van der Waals surface area (Å²) in [6, 6.07) is 18.2. The van der Waals surface area contributed by atoms with Gasteiger partial charge in [-0.25, -0.2) is 4.39 Å². The minimum Gasteiger partial charge on any atom is -0.507 e. The molecule has 0 saturated carbocycles. The first-order chi connectivity index (χ1) is 14.4. The van der Waals surface area contributed by atoms with Crippen molar-refractivity contribution in [3.05, 3.63) is 104 Å². The van der Waals surface area contributed by atoms with Crippen LogP contribution in [0.2, 0.25) is 0 Å². The summed E-state index contributed by atoms with van der Waals surface area (Å²) in [5.74, 6) is -2.63. The molecule has 0 aromatic heterocycles. The fraction of sp³-hybridized carbons (Fsp3) is 0.0435. The number of benzene rings is 3. The van der Waals surface area contributed by atoms with Crippen LogP contribution in [0.4, 0.5) is 10.1 Å². The van der Waals surface area contributed by atoms with E-state index in [4.69, 9.17) is 0 Å². The number of ketones is 1. The van der Waals surface area contributed by atoms with E-state index in [-0.39, 0.29) is 16.9 Å². The smallest absolute Gasteiger partial charge is 0.300 e. The fourth-order valence-electron chi connectivity index (χ4n) is 3.45. The lowest BCUT2D eigenvalue weighted by Gasteiger charge is -2.25. The number of aliphatic hydroxyl groups excluding tert-OH is 1. The molecule has 7 heteroatoms. The van der Waals surface area contributed by atoms with Crippen molar-refractivity contribution >= 4 is 55.0 Å². The van der Waals surface area contributed by atoms with Crippen molar-refractivity contribution in [2.45, 2.75) is 6.04 Å². The molecule has 1 fully saturated rings. The Labute approximate surface area is 188 Å². The van der Waals surface area contributed by atoms with Crippen LogP contribution in [0.3, 0.4) is 0 Å². The van der Waals surface area contributed by atoms with E-state index in [2.05, 4.69) is 31.9 Å². The second kappa shape index (κ2) is 8.16. The normalized spacial score (nSPS) is 18.1. The van der Waals surface area contributed by atoms with E-state index in [9.17, 15) is 19.1 Å². The molecule has 1 saturated heterocycles. The van der Waals surface area contributed by atoms with E-state index in [1.54, 1.807) is 54.6 Å². The first kappa shape index (κ1) is 20.5. The standard InChI is InChI=1S/C23H14Br2FNO3/c24-14-7-5-13(6-8-14)21(28)19-20(17-3-1-2-4-18(17)26)27(23(30)22(19)29)16-11-9-15(25)10-12-16/h1-12,20,28H/b21-19+. The van der Waals surface area contributed by atoms with Gasteiger partial charge in [-0.2, -0.15) is 0 Å². The van der Waals surface area contributed by atoms with E-state index in [0.29, 0.717) is 11.3 Å². The van der Waals surface area contributed by atoms with E-state index in [1.807, 2.05) is 0 Å². The summed E-state index contributed by atoms with van der Waals surface area (Å²) in [7, 11) is 0. The number of Topliss-reactive ketones (excluding diaryl/α,β-unsaturated/α-hetero) is 1. The number of aliphatic hydroxyl groups is 1. The first-order valence-corrected chi connectivity index (χ1v) is 10.5. The second-order valence-electron chi connectivity index (χ2n) is 6.67. The van der Waals surface area contributed by atoms with Gasteiger partial charge >= 0.3 is 0 Å². The van der Waals surface area contributed by atoms with Crippen LogP contribution in [0.25, 0.3) is 5.76 Å². The first-order valence-electron chi connectivity index (χ1n) is 8.95. The number of amides is 1. The maximum absolute atomic E-state index is 14.8. The third-order valence-electron chi connectivity index (χ3n) is 4.87. The van der Waals surface area contributed by atoms with Crippen LogP contribution in [-0.4, -0.2) is 16.8 Å². The van der Waals surface area contributed by atoms with E-state index < -0.39 is 23.5 Å². The van der Waals surface area contributed by atoms with Crippen LogP contribution >= 0.6 is 31.9 Å². The van der Waals surface area contributed by atoms with Crippen LogP contribution in [0.15, 0.2) is 87.3 Å². The zero-order chi connectivity index (χ0) is 21.4. The zero-order valence-electron chi connectivity index (χ0n) is 15.4. The number of hydrogen-bond acceptors (Lipinski definition) is 3. The molecule has 4 nitrogen and oxygen atoms in total. The highest BCUT2D eigenvalue weighted by atomic mass is 79.9. The quantitative estimate of drug-likeness (QED) is 0.257. The van der Waals surface area contributed by atoms with Crippen molar-refractivity contribution in [1.29, 1.82) is 0 Å². The third kappa shape index (κ3) is 3.59. The molecule has 1 atom stereocenters. The molecular formula is C23H14Br2FNO3. The lowest BCUT2D eigenvalue weighted by atomic mass is 9.94. The number of carbonyl (C=O) groups excluding carboxylic acids is 2. The predicted octanol–water partition coefficient (Wildman–Crippen LogP) is 5.98. The van der Waals surface area contributed by atoms with Gasteiger partial charge in [0, 0.05) is 25.8 Å². The molecule has 1 amide bonds. The van der Waals surface area contributed by atoms with Crippen molar-refractivity contribution in [1.82, 2.24) is 0 Å². The summed E-state index contributed by atoms with van der Waals surface area (Å²) < 4.78 is 16.4. The highest BCUT2D eigenvalue weighted by molar-refractivity contribution is 9.10. The SMILES string of the molecule is O=C1C(=O)N(c2ccc(Br)cc2)C(c2ccccc2F)/C1=C(\O)c1ccc(Br)cc1. The molecule has 0 spiro atoms. The number of halogens is 3. The molecule has 1 aliphatic rings. The molecule has 4 rings (SSSR count). The monoisotopic (exact) mass is 529 g/mol. The molecule has 1 heterocycles. The van der Waals surface area contributed by atoms with Crippen molar-refractivity contribution < 1.29 is 19.1 Å². The van der Waals surface area contributed by atoms with Crippen LogP contribution in [0.5, 0.6) is 0 Å². The van der Waals surface area contributed by atoms with Gasteiger partial charge in [-0.15, -0.1) is 0 Å². The minimum absolute atomic E-state index is 0.123. The molecule has 0 radical (unpaired) electrons. The summed E-state index contributed by atoms with van der Waals surface area (Å²) in [6.07, 6.45) is 0. The molecule has 1 N–H and O–H groups in total. The average Bonchev–Trinajstić information content (AvgIpc) is 3.00. The van der Waals surface area contributed by atoms with Crippen LogP contribution in [-0.2, 0) is 9.59 Å². The average molecular weight is 531 g/mol. The maximum atomic E-state index is 14.8.